The molecule has 1 rings (SSSR count). The molecule has 0 saturated carbocycles. The highest BCUT2D eigenvalue weighted by Gasteiger charge is 2.12. The van der Waals surface area contributed by atoms with Crippen LogP contribution >= 0.6 is 0 Å². The lowest BCUT2D eigenvalue weighted by atomic mass is 10.00. The van der Waals surface area contributed by atoms with Crippen LogP contribution in [0.15, 0.2) is 6.07 Å². The molecule has 0 amide bonds. The van der Waals surface area contributed by atoms with E-state index < -0.39 is 0 Å². The number of nitrogens with two attached hydrogens (primary N) is 1. The van der Waals surface area contributed by atoms with Crippen molar-refractivity contribution >= 4 is 0 Å². The maximum atomic E-state index is 5.96. The van der Waals surface area contributed by atoms with Crippen LogP contribution in [0.5, 0.6) is 0 Å². The van der Waals surface area contributed by atoms with Gasteiger partial charge >= 0.3 is 0 Å². The van der Waals surface area contributed by atoms with Gasteiger partial charge in [-0.2, -0.15) is 0 Å². The third kappa shape index (κ3) is 4.27. The fraction of sp³-hybridized carbons (Fsp3) is 0.692. The van der Waals surface area contributed by atoms with E-state index in [2.05, 4.69) is 29.9 Å². The minimum absolute atomic E-state index is 0.148. The molecule has 1 heterocycles. The van der Waals surface area contributed by atoms with Gasteiger partial charge in [0.1, 0.15) is 5.82 Å². The van der Waals surface area contributed by atoms with Gasteiger partial charge in [-0.3, -0.25) is 0 Å². The van der Waals surface area contributed by atoms with E-state index in [1.54, 1.807) is 0 Å². The second-order valence-corrected chi connectivity index (χ2v) is 5.49. The Morgan fingerprint density at radius 2 is 1.94 bits per heavy atom. The third-order valence-electron chi connectivity index (χ3n) is 2.50. The van der Waals surface area contributed by atoms with Crippen molar-refractivity contribution in [2.24, 2.45) is 5.73 Å². The van der Waals surface area contributed by atoms with E-state index in [1.165, 1.54) is 0 Å². The molecule has 16 heavy (non-hydrogen) atoms. The molecule has 2 N–H and O–H groups in total. The maximum absolute atomic E-state index is 5.96. The quantitative estimate of drug-likeness (QED) is 0.850. The highest BCUT2D eigenvalue weighted by Crippen LogP contribution is 2.14. The summed E-state index contributed by atoms with van der Waals surface area (Å²) >= 11 is 0. The molecule has 1 aromatic heterocycles. The van der Waals surface area contributed by atoms with Gasteiger partial charge < -0.3 is 5.73 Å². The lowest BCUT2D eigenvalue weighted by Crippen LogP contribution is -2.32. The largest absolute Gasteiger partial charge is 0.326 e. The highest BCUT2D eigenvalue weighted by molar-refractivity contribution is 5.13. The Morgan fingerprint density at radius 3 is 2.44 bits per heavy atom. The molecule has 0 fully saturated rings. The predicted octanol–water partition coefficient (Wildman–Crippen LogP) is 2.58. The minimum atomic E-state index is -0.148. The predicted molar refractivity (Wildman–Crippen MR) is 67.4 cm³/mol. The molecule has 3 heteroatoms. The summed E-state index contributed by atoms with van der Waals surface area (Å²) < 4.78 is 0. The molecule has 0 radical (unpaired) electrons. The van der Waals surface area contributed by atoms with E-state index >= 15 is 0 Å². The van der Waals surface area contributed by atoms with Gasteiger partial charge in [0.05, 0.1) is 0 Å². The Balaban J connectivity index is 2.81. The summed E-state index contributed by atoms with van der Waals surface area (Å²) in [6, 6.07) is 2.06. The molecule has 0 unspecified atom stereocenters. The molecular weight excluding hydrogens is 198 g/mol. The van der Waals surface area contributed by atoms with Gasteiger partial charge in [-0.1, -0.05) is 13.8 Å². The molecule has 1 aromatic rings. The van der Waals surface area contributed by atoms with Gasteiger partial charge in [-0.15, -0.1) is 0 Å². The van der Waals surface area contributed by atoms with Crippen LogP contribution in [0, 0.1) is 6.92 Å². The average molecular weight is 221 g/mol. The highest BCUT2D eigenvalue weighted by atomic mass is 14.9. The zero-order valence-corrected chi connectivity index (χ0v) is 11.0. The van der Waals surface area contributed by atoms with Crippen molar-refractivity contribution in [3.63, 3.8) is 0 Å². The molecule has 0 bridgehead atoms. The molecule has 0 saturated heterocycles. The van der Waals surface area contributed by atoms with Crippen molar-refractivity contribution in [1.29, 1.82) is 0 Å². The van der Waals surface area contributed by atoms with Crippen LogP contribution in [0.4, 0.5) is 0 Å². The molecule has 3 nitrogen and oxygen atoms in total. The summed E-state index contributed by atoms with van der Waals surface area (Å²) in [5.74, 6) is 1.37. The third-order valence-corrected chi connectivity index (χ3v) is 2.50. The van der Waals surface area contributed by atoms with E-state index in [4.69, 9.17) is 5.73 Å². The van der Waals surface area contributed by atoms with Crippen molar-refractivity contribution in [3.8, 4) is 0 Å². The normalized spacial score (nSPS) is 12.2. The number of hydrogen-bond donors (Lipinski definition) is 1. The van der Waals surface area contributed by atoms with Crippen molar-refractivity contribution in [1.82, 2.24) is 9.97 Å². The average Bonchev–Trinajstić information content (AvgIpc) is 2.13. The molecule has 0 aliphatic heterocycles. The molecule has 0 aromatic carbocycles. The molecular formula is C13H23N3. The SMILES string of the molecule is Cc1cc(C(C)C)nc(CCC(C)(C)N)n1. The van der Waals surface area contributed by atoms with Crippen LogP contribution in [0.2, 0.25) is 0 Å². The van der Waals surface area contributed by atoms with E-state index in [9.17, 15) is 0 Å². The Kier molecular flexibility index (Phi) is 4.03. The monoisotopic (exact) mass is 221 g/mol. The van der Waals surface area contributed by atoms with Crippen molar-refractivity contribution in [2.45, 2.75) is 58.9 Å². The number of nitrogens with zero attached hydrogens (tertiary/aromatic N) is 2. The molecule has 90 valence electrons. The van der Waals surface area contributed by atoms with Gasteiger partial charge in [0.25, 0.3) is 0 Å². The summed E-state index contributed by atoms with van der Waals surface area (Å²) in [7, 11) is 0. The zero-order chi connectivity index (χ0) is 12.3. The minimum Gasteiger partial charge on any atom is -0.326 e. The Hall–Kier alpha value is -0.960. The first-order chi connectivity index (χ1) is 7.28. The fourth-order valence-corrected chi connectivity index (χ4v) is 1.50. The first-order valence-electron chi connectivity index (χ1n) is 5.91. The Labute approximate surface area is 98.5 Å². The van der Waals surface area contributed by atoms with E-state index in [0.717, 1.165) is 30.1 Å². The van der Waals surface area contributed by atoms with Crippen LogP contribution in [-0.4, -0.2) is 15.5 Å². The first-order valence-corrected chi connectivity index (χ1v) is 5.91. The zero-order valence-electron chi connectivity index (χ0n) is 11.0. The summed E-state index contributed by atoms with van der Waals surface area (Å²) in [5, 5.41) is 0. The molecule has 0 aliphatic rings. The van der Waals surface area contributed by atoms with Crippen LogP contribution in [-0.2, 0) is 6.42 Å². The standard InChI is InChI=1S/C13H23N3/c1-9(2)11-8-10(3)15-12(16-11)6-7-13(4,5)14/h8-9H,6-7,14H2,1-5H3. The lowest BCUT2D eigenvalue weighted by Gasteiger charge is -2.17. The van der Waals surface area contributed by atoms with Crippen LogP contribution in [0.1, 0.15) is 57.2 Å². The van der Waals surface area contributed by atoms with E-state index in [0.29, 0.717) is 5.92 Å². The van der Waals surface area contributed by atoms with Crippen molar-refractivity contribution in [2.75, 3.05) is 0 Å². The number of rotatable bonds is 4. The summed E-state index contributed by atoms with van der Waals surface area (Å²) in [4.78, 5) is 9.02. The van der Waals surface area contributed by atoms with Gasteiger partial charge in [0.2, 0.25) is 0 Å². The van der Waals surface area contributed by atoms with Crippen LogP contribution in [0.25, 0.3) is 0 Å². The smallest absolute Gasteiger partial charge is 0.128 e. The Morgan fingerprint density at radius 1 is 1.31 bits per heavy atom. The second kappa shape index (κ2) is 4.91. The van der Waals surface area contributed by atoms with Gasteiger partial charge in [-0.25, -0.2) is 9.97 Å². The molecule has 0 spiro atoms. The van der Waals surface area contributed by atoms with Crippen molar-refractivity contribution < 1.29 is 0 Å². The van der Waals surface area contributed by atoms with Crippen LogP contribution < -0.4 is 5.73 Å². The van der Waals surface area contributed by atoms with Crippen molar-refractivity contribution in [3.05, 3.63) is 23.3 Å². The number of aromatic nitrogens is 2. The first kappa shape index (κ1) is 13.1. The number of aryl methyl sites for hydroxylation is 2. The summed E-state index contributed by atoms with van der Waals surface area (Å²) in [5.41, 5.74) is 7.98. The van der Waals surface area contributed by atoms with Gasteiger partial charge in [0, 0.05) is 23.3 Å². The Bertz CT molecular complexity index is 351. The number of hydrogen-bond acceptors (Lipinski definition) is 3. The van der Waals surface area contributed by atoms with E-state index in [1.807, 2.05) is 20.8 Å². The molecule has 0 aliphatic carbocycles. The van der Waals surface area contributed by atoms with E-state index in [-0.39, 0.29) is 5.54 Å². The topological polar surface area (TPSA) is 51.8 Å². The van der Waals surface area contributed by atoms with Gasteiger partial charge in [-0.05, 0) is 39.2 Å². The molecule has 0 atom stereocenters. The summed E-state index contributed by atoms with van der Waals surface area (Å²) in [6.07, 6.45) is 1.76. The van der Waals surface area contributed by atoms with Gasteiger partial charge in [0.15, 0.2) is 0 Å². The second-order valence-electron chi connectivity index (χ2n) is 5.49. The maximum Gasteiger partial charge on any atom is 0.128 e. The lowest BCUT2D eigenvalue weighted by molar-refractivity contribution is 0.470. The van der Waals surface area contributed by atoms with Crippen LogP contribution in [0.3, 0.4) is 0 Å². The fourth-order valence-electron chi connectivity index (χ4n) is 1.50. The summed E-state index contributed by atoms with van der Waals surface area (Å²) in [6.45, 7) is 10.4.